The third-order valence-electron chi connectivity index (χ3n) is 2.98. The van der Waals surface area contributed by atoms with E-state index in [4.69, 9.17) is 21.1 Å². The van der Waals surface area contributed by atoms with Gasteiger partial charge in [-0.25, -0.2) is 0 Å². The Morgan fingerprint density at radius 2 is 1.95 bits per heavy atom. The van der Waals surface area contributed by atoms with Gasteiger partial charge in [0.05, 0.1) is 13.7 Å². The van der Waals surface area contributed by atoms with Crippen molar-refractivity contribution in [1.29, 1.82) is 0 Å². The van der Waals surface area contributed by atoms with E-state index in [1.807, 2.05) is 42.5 Å². The fourth-order valence-electron chi connectivity index (χ4n) is 1.90. The lowest BCUT2D eigenvalue weighted by atomic mass is 10.2. The van der Waals surface area contributed by atoms with Crippen molar-refractivity contribution in [2.45, 2.75) is 23.1 Å². The van der Waals surface area contributed by atoms with Crippen molar-refractivity contribution in [3.63, 3.8) is 0 Å². The Hall–Kier alpha value is -1.65. The second-order valence-electron chi connectivity index (χ2n) is 4.62. The van der Waals surface area contributed by atoms with Gasteiger partial charge in [0, 0.05) is 28.2 Å². The maximum atomic E-state index is 10.8. The van der Waals surface area contributed by atoms with Crippen LogP contribution in [0.4, 0.5) is 0 Å². The first kappa shape index (κ1) is 16.7. The number of esters is 1. The highest BCUT2D eigenvalue weighted by Crippen LogP contribution is 2.32. The molecule has 5 heteroatoms. The molecule has 0 atom stereocenters. The number of hydrogen-bond acceptors (Lipinski definition) is 4. The predicted octanol–water partition coefficient (Wildman–Crippen LogP) is 4.61. The summed E-state index contributed by atoms with van der Waals surface area (Å²) in [5.41, 5.74) is 0.970. The van der Waals surface area contributed by atoms with Crippen LogP contribution in [0.3, 0.4) is 0 Å². The molecule has 0 radical (unpaired) electrons. The highest BCUT2D eigenvalue weighted by atomic mass is 35.5. The van der Waals surface area contributed by atoms with E-state index in [2.05, 4.69) is 0 Å². The summed E-state index contributed by atoms with van der Waals surface area (Å²) in [7, 11) is 1.65. The van der Waals surface area contributed by atoms with Crippen molar-refractivity contribution in [3.8, 4) is 5.75 Å². The molecule has 0 amide bonds. The van der Waals surface area contributed by atoms with E-state index >= 15 is 0 Å². The molecule has 0 bridgehead atoms. The lowest BCUT2D eigenvalue weighted by molar-refractivity contribution is -0.140. The van der Waals surface area contributed by atoms with E-state index in [9.17, 15) is 4.79 Å². The molecule has 0 unspecified atom stereocenters. The van der Waals surface area contributed by atoms with Crippen LogP contribution in [-0.4, -0.2) is 19.7 Å². The molecule has 2 aromatic rings. The molecule has 0 aliphatic carbocycles. The van der Waals surface area contributed by atoms with Gasteiger partial charge in [0.25, 0.3) is 0 Å². The fraction of sp³-hybridized carbons (Fsp3) is 0.235. The first-order valence-electron chi connectivity index (χ1n) is 6.82. The molecule has 2 rings (SSSR count). The summed E-state index contributed by atoms with van der Waals surface area (Å²) in [6.45, 7) is 1.74. The number of methoxy groups -OCH3 is 1. The van der Waals surface area contributed by atoms with Gasteiger partial charge < -0.3 is 9.47 Å². The van der Waals surface area contributed by atoms with Crippen LogP contribution in [0.5, 0.6) is 5.75 Å². The number of carbonyl (C=O) groups excluding carboxylic acids is 1. The molecular weight excluding hydrogens is 320 g/mol. The minimum absolute atomic E-state index is 0.277. The highest BCUT2D eigenvalue weighted by molar-refractivity contribution is 7.99. The summed E-state index contributed by atoms with van der Waals surface area (Å²) < 4.78 is 10.2. The minimum Gasteiger partial charge on any atom is -0.497 e. The molecule has 116 valence electrons. The summed E-state index contributed by atoms with van der Waals surface area (Å²) in [6.07, 6.45) is 0.614. The van der Waals surface area contributed by atoms with Crippen molar-refractivity contribution in [2.75, 3.05) is 13.7 Å². The number of benzene rings is 2. The van der Waals surface area contributed by atoms with Crippen LogP contribution in [-0.2, 0) is 16.0 Å². The third-order valence-corrected chi connectivity index (χ3v) is 4.31. The topological polar surface area (TPSA) is 35.5 Å². The van der Waals surface area contributed by atoms with Crippen LogP contribution in [0.1, 0.15) is 12.5 Å². The van der Waals surface area contributed by atoms with Gasteiger partial charge in [0.15, 0.2) is 0 Å². The van der Waals surface area contributed by atoms with Crippen molar-refractivity contribution in [2.24, 2.45) is 0 Å². The molecule has 0 spiro atoms. The van der Waals surface area contributed by atoms with Gasteiger partial charge in [-0.15, -0.1) is 0 Å². The van der Waals surface area contributed by atoms with Crippen molar-refractivity contribution >= 4 is 29.3 Å². The van der Waals surface area contributed by atoms with Crippen LogP contribution in [0.25, 0.3) is 0 Å². The Morgan fingerprint density at radius 3 is 2.64 bits per heavy atom. The Balaban J connectivity index is 2.03. The molecule has 0 saturated heterocycles. The highest BCUT2D eigenvalue weighted by Gasteiger charge is 2.05. The lowest BCUT2D eigenvalue weighted by Crippen LogP contribution is -2.03. The Bertz CT molecular complexity index is 658. The quantitative estimate of drug-likeness (QED) is 0.722. The second-order valence-corrected chi connectivity index (χ2v) is 6.18. The molecule has 0 heterocycles. The van der Waals surface area contributed by atoms with Gasteiger partial charge in [-0.1, -0.05) is 35.5 Å². The van der Waals surface area contributed by atoms with Gasteiger partial charge in [0.1, 0.15) is 5.75 Å². The van der Waals surface area contributed by atoms with E-state index in [0.717, 1.165) is 21.1 Å². The molecule has 0 N–H and O–H groups in total. The van der Waals surface area contributed by atoms with Gasteiger partial charge in [-0.3, -0.25) is 4.79 Å². The Labute approximate surface area is 139 Å². The molecule has 0 aromatic heterocycles. The number of hydrogen-bond donors (Lipinski definition) is 0. The second kappa shape index (κ2) is 8.11. The zero-order valence-electron chi connectivity index (χ0n) is 12.5. The van der Waals surface area contributed by atoms with Crippen molar-refractivity contribution in [1.82, 2.24) is 0 Å². The number of halogens is 1. The van der Waals surface area contributed by atoms with Gasteiger partial charge in [0.2, 0.25) is 0 Å². The predicted molar refractivity (Wildman–Crippen MR) is 88.9 cm³/mol. The molecule has 0 saturated carbocycles. The summed E-state index contributed by atoms with van der Waals surface area (Å²) in [5, 5.41) is 0.681. The summed E-state index contributed by atoms with van der Waals surface area (Å²) in [4.78, 5) is 12.9. The normalized spacial score (nSPS) is 10.3. The first-order valence-corrected chi connectivity index (χ1v) is 8.01. The molecule has 0 aliphatic heterocycles. The van der Waals surface area contributed by atoms with Crippen LogP contribution < -0.4 is 4.74 Å². The van der Waals surface area contributed by atoms with E-state index < -0.39 is 0 Å². The summed E-state index contributed by atoms with van der Waals surface area (Å²) in [6, 6.07) is 13.8. The average molecular weight is 337 g/mol. The zero-order chi connectivity index (χ0) is 15.9. The van der Waals surface area contributed by atoms with Crippen LogP contribution in [0.15, 0.2) is 52.3 Å². The molecule has 0 fully saturated rings. The Morgan fingerprint density at radius 1 is 1.18 bits per heavy atom. The molecule has 3 nitrogen and oxygen atoms in total. The number of ether oxygens (including phenoxy) is 2. The average Bonchev–Trinajstić information content (AvgIpc) is 2.49. The van der Waals surface area contributed by atoms with Gasteiger partial charge in [-0.2, -0.15) is 0 Å². The zero-order valence-corrected chi connectivity index (χ0v) is 14.0. The van der Waals surface area contributed by atoms with Crippen molar-refractivity contribution < 1.29 is 14.3 Å². The minimum atomic E-state index is -0.277. The van der Waals surface area contributed by atoms with Crippen LogP contribution in [0, 0.1) is 0 Å². The van der Waals surface area contributed by atoms with Crippen LogP contribution >= 0.6 is 23.4 Å². The molecule has 2 aromatic carbocycles. The first-order chi connectivity index (χ1) is 10.6. The monoisotopic (exact) mass is 336 g/mol. The maximum Gasteiger partial charge on any atom is 0.302 e. The molecule has 22 heavy (non-hydrogen) atoms. The van der Waals surface area contributed by atoms with Crippen molar-refractivity contribution in [3.05, 3.63) is 53.1 Å². The van der Waals surface area contributed by atoms with Crippen LogP contribution in [0.2, 0.25) is 5.02 Å². The lowest BCUT2D eigenvalue weighted by Gasteiger charge is -2.08. The van der Waals surface area contributed by atoms with Gasteiger partial charge in [-0.05, 0) is 35.9 Å². The third kappa shape index (κ3) is 4.97. The standard InChI is InChI=1S/C17H17ClO3S/c1-12(19)21-9-8-13-6-7-16(11-17(13)18)22-15-5-3-4-14(10-15)20-2/h3-7,10-11H,8-9H2,1-2H3. The SMILES string of the molecule is COc1cccc(Sc2ccc(CCOC(C)=O)c(Cl)c2)c1. The maximum absolute atomic E-state index is 10.8. The molecular formula is C17H17ClO3S. The largest absolute Gasteiger partial charge is 0.497 e. The smallest absolute Gasteiger partial charge is 0.302 e. The van der Waals surface area contributed by atoms with E-state index in [-0.39, 0.29) is 5.97 Å². The summed E-state index contributed by atoms with van der Waals surface area (Å²) in [5.74, 6) is 0.551. The number of rotatable bonds is 6. The fourth-order valence-corrected chi connectivity index (χ4v) is 3.15. The van der Waals surface area contributed by atoms with E-state index in [0.29, 0.717) is 18.1 Å². The summed E-state index contributed by atoms with van der Waals surface area (Å²) >= 11 is 7.91. The Kier molecular flexibility index (Phi) is 6.16. The number of carbonyl (C=O) groups is 1. The molecule has 0 aliphatic rings. The van der Waals surface area contributed by atoms with Gasteiger partial charge >= 0.3 is 5.97 Å². The van der Waals surface area contributed by atoms with E-state index in [1.165, 1.54) is 6.92 Å². The van der Waals surface area contributed by atoms with E-state index in [1.54, 1.807) is 18.9 Å².